The highest BCUT2D eigenvalue weighted by atomic mass is 16.4. The predicted molar refractivity (Wildman–Crippen MR) is 87.8 cm³/mol. The lowest BCUT2D eigenvalue weighted by atomic mass is 9.96. The Kier molecular flexibility index (Phi) is 4.07. The van der Waals surface area contributed by atoms with Gasteiger partial charge in [0.25, 0.3) is 5.91 Å². The number of hydrogen-bond donors (Lipinski definition) is 1. The molecule has 2 fully saturated rings. The molecule has 3 rings (SSSR count). The second-order valence-electron chi connectivity index (χ2n) is 7.19. The van der Waals surface area contributed by atoms with E-state index in [1.807, 2.05) is 18.7 Å². The summed E-state index contributed by atoms with van der Waals surface area (Å²) in [6, 6.07) is 6.09. The maximum Gasteiger partial charge on any atom is 0.335 e. The number of hydrogen-bond acceptors (Lipinski definition) is 3. The molecule has 6 heteroatoms. The summed E-state index contributed by atoms with van der Waals surface area (Å²) in [5.74, 6) is -0.872. The van der Waals surface area contributed by atoms with E-state index in [1.165, 1.54) is 12.1 Å². The second-order valence-corrected chi connectivity index (χ2v) is 7.19. The van der Waals surface area contributed by atoms with Crippen LogP contribution in [-0.4, -0.2) is 57.9 Å². The van der Waals surface area contributed by atoms with Crippen LogP contribution in [0.25, 0.3) is 0 Å². The van der Waals surface area contributed by atoms with E-state index in [4.69, 9.17) is 5.11 Å². The molecular formula is C18H22N2O4. The van der Waals surface area contributed by atoms with E-state index in [1.54, 1.807) is 17.0 Å². The molecule has 1 aliphatic heterocycles. The van der Waals surface area contributed by atoms with Crippen molar-refractivity contribution in [2.45, 2.75) is 32.2 Å². The Labute approximate surface area is 141 Å². The largest absolute Gasteiger partial charge is 0.478 e. The van der Waals surface area contributed by atoms with Crippen molar-refractivity contribution >= 4 is 17.8 Å². The molecule has 0 aromatic heterocycles. The minimum atomic E-state index is -1.05. The summed E-state index contributed by atoms with van der Waals surface area (Å²) in [7, 11) is 0. The Morgan fingerprint density at radius 3 is 2.38 bits per heavy atom. The van der Waals surface area contributed by atoms with Gasteiger partial charge in [-0.2, -0.15) is 0 Å². The Balaban J connectivity index is 1.77. The molecule has 0 atom stereocenters. The van der Waals surface area contributed by atoms with Gasteiger partial charge in [-0.25, -0.2) is 4.79 Å². The van der Waals surface area contributed by atoms with E-state index >= 15 is 0 Å². The molecule has 2 aliphatic rings. The van der Waals surface area contributed by atoms with Crippen LogP contribution >= 0.6 is 0 Å². The highest BCUT2D eigenvalue weighted by molar-refractivity contribution is 5.98. The van der Waals surface area contributed by atoms with E-state index in [9.17, 15) is 14.4 Å². The summed E-state index contributed by atoms with van der Waals surface area (Å²) >= 11 is 0. The highest BCUT2D eigenvalue weighted by Crippen LogP contribution is 2.33. The van der Waals surface area contributed by atoms with Gasteiger partial charge in [0, 0.05) is 31.1 Å². The van der Waals surface area contributed by atoms with Gasteiger partial charge >= 0.3 is 5.97 Å². The number of aromatic carboxylic acids is 1. The van der Waals surface area contributed by atoms with Crippen molar-refractivity contribution < 1.29 is 19.5 Å². The minimum Gasteiger partial charge on any atom is -0.478 e. The van der Waals surface area contributed by atoms with Gasteiger partial charge in [0.15, 0.2) is 0 Å². The van der Waals surface area contributed by atoms with Crippen LogP contribution < -0.4 is 0 Å². The summed E-state index contributed by atoms with van der Waals surface area (Å²) < 4.78 is 0. The predicted octanol–water partition coefficient (Wildman–Crippen LogP) is 1.86. The first kappa shape index (κ1) is 16.5. The molecule has 1 saturated carbocycles. The number of carbonyl (C=O) groups is 3. The minimum absolute atomic E-state index is 0.0983. The Morgan fingerprint density at radius 2 is 1.79 bits per heavy atom. The van der Waals surface area contributed by atoms with Crippen LogP contribution in [0.15, 0.2) is 24.3 Å². The van der Waals surface area contributed by atoms with Crippen LogP contribution in [0.2, 0.25) is 0 Å². The third-order valence-electron chi connectivity index (χ3n) is 4.74. The number of rotatable bonds is 3. The summed E-state index contributed by atoms with van der Waals surface area (Å²) in [5, 5.41) is 9.09. The van der Waals surface area contributed by atoms with Crippen LogP contribution in [0.5, 0.6) is 0 Å². The van der Waals surface area contributed by atoms with E-state index in [0.717, 1.165) is 12.8 Å². The number of nitrogens with zero attached hydrogens (tertiary/aromatic N) is 2. The summed E-state index contributed by atoms with van der Waals surface area (Å²) in [6.07, 6.45) is 1.95. The lowest BCUT2D eigenvalue weighted by Gasteiger charge is -2.47. The zero-order valence-electron chi connectivity index (χ0n) is 14.0. The first-order valence-corrected chi connectivity index (χ1v) is 8.24. The zero-order chi connectivity index (χ0) is 17.5. The molecule has 0 spiro atoms. The molecule has 24 heavy (non-hydrogen) atoms. The number of piperazine rings is 1. The van der Waals surface area contributed by atoms with Crippen LogP contribution in [0.4, 0.5) is 0 Å². The van der Waals surface area contributed by atoms with Gasteiger partial charge in [-0.1, -0.05) is 6.07 Å². The summed E-state index contributed by atoms with van der Waals surface area (Å²) in [5.41, 5.74) is -0.0230. The van der Waals surface area contributed by atoms with Crippen molar-refractivity contribution in [2.24, 2.45) is 5.92 Å². The summed E-state index contributed by atoms with van der Waals surface area (Å²) in [4.78, 5) is 39.8. The average molecular weight is 330 g/mol. The third kappa shape index (κ3) is 3.13. The standard InChI is InChI=1S/C18H22N2O4/c1-18(2)11-19(15(21)12-6-7-12)8-9-20(18)16(22)13-4-3-5-14(10-13)17(23)24/h3-5,10,12H,6-9,11H2,1-2H3,(H,23,24). The molecule has 0 bridgehead atoms. The lowest BCUT2D eigenvalue weighted by molar-refractivity contribution is -0.136. The SMILES string of the molecule is CC1(C)CN(C(=O)C2CC2)CCN1C(=O)c1cccc(C(=O)O)c1. The first-order chi connectivity index (χ1) is 11.3. The first-order valence-electron chi connectivity index (χ1n) is 8.24. The van der Waals surface area contributed by atoms with Crippen molar-refractivity contribution in [2.75, 3.05) is 19.6 Å². The monoisotopic (exact) mass is 330 g/mol. The molecule has 6 nitrogen and oxygen atoms in total. The van der Waals surface area contributed by atoms with Gasteiger partial charge in [0.1, 0.15) is 0 Å². The maximum atomic E-state index is 12.8. The average Bonchev–Trinajstić information content (AvgIpc) is 3.37. The fraction of sp³-hybridized carbons (Fsp3) is 0.500. The van der Waals surface area contributed by atoms with Crippen LogP contribution in [0.1, 0.15) is 47.4 Å². The molecule has 0 radical (unpaired) electrons. The van der Waals surface area contributed by atoms with Crippen molar-refractivity contribution in [1.82, 2.24) is 9.80 Å². The van der Waals surface area contributed by atoms with Crippen molar-refractivity contribution in [3.63, 3.8) is 0 Å². The maximum absolute atomic E-state index is 12.8. The molecule has 128 valence electrons. The van der Waals surface area contributed by atoms with E-state index in [-0.39, 0.29) is 23.3 Å². The van der Waals surface area contributed by atoms with Gasteiger partial charge in [0.05, 0.1) is 11.1 Å². The summed E-state index contributed by atoms with van der Waals surface area (Å²) in [6.45, 7) is 5.38. The molecule has 1 saturated heterocycles. The molecule has 1 aromatic carbocycles. The molecule has 0 unspecified atom stereocenters. The Hall–Kier alpha value is -2.37. The quantitative estimate of drug-likeness (QED) is 0.917. The number of carbonyl (C=O) groups excluding carboxylic acids is 2. The van der Waals surface area contributed by atoms with Gasteiger partial charge in [0.2, 0.25) is 5.91 Å². The molecule has 1 aliphatic carbocycles. The molecule has 1 heterocycles. The smallest absolute Gasteiger partial charge is 0.335 e. The van der Waals surface area contributed by atoms with E-state index < -0.39 is 11.5 Å². The van der Waals surface area contributed by atoms with Crippen molar-refractivity contribution in [1.29, 1.82) is 0 Å². The number of amides is 2. The second kappa shape index (κ2) is 5.92. The highest BCUT2D eigenvalue weighted by Gasteiger charge is 2.42. The lowest BCUT2D eigenvalue weighted by Crippen LogP contribution is -2.62. The van der Waals surface area contributed by atoms with Crippen LogP contribution in [-0.2, 0) is 4.79 Å². The number of carboxylic acid groups (broad SMARTS) is 1. The Bertz CT molecular complexity index is 694. The topological polar surface area (TPSA) is 77.9 Å². The van der Waals surface area contributed by atoms with Gasteiger partial charge in [-0.05, 0) is 44.9 Å². The van der Waals surface area contributed by atoms with Crippen molar-refractivity contribution in [3.05, 3.63) is 35.4 Å². The van der Waals surface area contributed by atoms with E-state index in [2.05, 4.69) is 0 Å². The van der Waals surface area contributed by atoms with Gasteiger partial charge < -0.3 is 14.9 Å². The molecule has 1 aromatic rings. The van der Waals surface area contributed by atoms with Crippen LogP contribution in [0, 0.1) is 5.92 Å². The fourth-order valence-electron chi connectivity index (χ4n) is 3.25. The van der Waals surface area contributed by atoms with Gasteiger partial charge in [-0.3, -0.25) is 9.59 Å². The van der Waals surface area contributed by atoms with Crippen LogP contribution in [0.3, 0.4) is 0 Å². The van der Waals surface area contributed by atoms with Crippen molar-refractivity contribution in [3.8, 4) is 0 Å². The fourth-order valence-corrected chi connectivity index (χ4v) is 3.25. The molecular weight excluding hydrogens is 308 g/mol. The third-order valence-corrected chi connectivity index (χ3v) is 4.74. The normalized spacial score (nSPS) is 19.9. The molecule has 1 N–H and O–H groups in total. The zero-order valence-corrected chi connectivity index (χ0v) is 14.0. The number of carboxylic acids is 1. The molecule has 2 amide bonds. The van der Waals surface area contributed by atoms with Gasteiger partial charge in [-0.15, -0.1) is 0 Å². The van der Waals surface area contributed by atoms with E-state index in [0.29, 0.717) is 25.2 Å². The Morgan fingerprint density at radius 1 is 1.12 bits per heavy atom. The number of benzene rings is 1.